The normalized spacial score (nSPS) is 12.6. The topological polar surface area (TPSA) is 46.5 Å². The van der Waals surface area contributed by atoms with Gasteiger partial charge in [-0.3, -0.25) is 0 Å². The summed E-state index contributed by atoms with van der Waals surface area (Å²) >= 11 is 10.8. The summed E-state index contributed by atoms with van der Waals surface area (Å²) in [6.45, 7) is -0.368. The monoisotopic (exact) mass is 222 g/mol. The maximum absolute atomic E-state index is 9.97. The molecule has 0 saturated carbocycles. The summed E-state index contributed by atoms with van der Waals surface area (Å²) in [5.41, 5.74) is 1.27. The van der Waals surface area contributed by atoms with E-state index in [1.807, 2.05) is 0 Å². The first-order valence-corrected chi connectivity index (χ1v) is 4.10. The first kappa shape index (κ1) is 12.1. The van der Waals surface area contributed by atoms with E-state index in [4.69, 9.17) is 28.3 Å². The number of carboxylic acid groups (broad SMARTS) is 1. The number of aliphatic carboxylic acids is 1. The number of carboxylic acids is 1. The van der Waals surface area contributed by atoms with Gasteiger partial charge in [0.1, 0.15) is 0 Å². The van der Waals surface area contributed by atoms with E-state index in [1.54, 1.807) is 0 Å². The maximum Gasteiger partial charge on any atom is 0.341 e. The van der Waals surface area contributed by atoms with Gasteiger partial charge in [-0.25, -0.2) is 4.79 Å². The average Bonchev–Trinajstić information content (AvgIpc) is 2.03. The molecule has 0 radical (unpaired) electrons. The Bertz CT molecular complexity index is 244. The van der Waals surface area contributed by atoms with Crippen molar-refractivity contribution in [2.75, 3.05) is 6.61 Å². The van der Waals surface area contributed by atoms with E-state index in [0.717, 1.165) is 0 Å². The van der Waals surface area contributed by atoms with Crippen LogP contribution in [-0.4, -0.2) is 17.7 Å². The van der Waals surface area contributed by atoms with Crippen LogP contribution in [0, 0.1) is 0 Å². The molecule has 0 aromatic rings. The molecule has 0 spiro atoms. The highest BCUT2D eigenvalue weighted by Gasteiger charge is 1.90. The molecule has 0 bridgehead atoms. The Labute approximate surface area is 85.9 Å². The van der Waals surface area contributed by atoms with Crippen molar-refractivity contribution in [3.05, 3.63) is 35.1 Å². The van der Waals surface area contributed by atoms with Crippen molar-refractivity contribution in [2.45, 2.75) is 0 Å². The van der Waals surface area contributed by atoms with Gasteiger partial charge in [-0.1, -0.05) is 23.2 Å². The molecule has 0 heterocycles. The van der Waals surface area contributed by atoms with Crippen LogP contribution >= 0.6 is 23.2 Å². The van der Waals surface area contributed by atoms with E-state index in [-0.39, 0.29) is 6.61 Å². The number of hydrogen-bond acceptors (Lipinski definition) is 2. The zero-order chi connectivity index (χ0) is 10.1. The predicted molar refractivity (Wildman–Crippen MR) is 51.7 cm³/mol. The van der Waals surface area contributed by atoms with Crippen molar-refractivity contribution in [3.8, 4) is 0 Å². The fourth-order valence-corrected chi connectivity index (χ4v) is 0.758. The summed E-state index contributed by atoms with van der Waals surface area (Å²) in [6.07, 6.45) is 5.70. The van der Waals surface area contributed by atoms with Crippen LogP contribution in [0.2, 0.25) is 0 Å². The first-order valence-electron chi connectivity index (χ1n) is 3.29. The second-order valence-corrected chi connectivity index (χ2v) is 2.57. The molecule has 0 atom stereocenters. The smallest absolute Gasteiger partial charge is 0.341 e. The molecule has 1 N–H and O–H groups in total. The summed E-state index contributed by atoms with van der Waals surface area (Å²) < 4.78 is 4.58. The van der Waals surface area contributed by atoms with E-state index in [2.05, 4.69) is 4.74 Å². The predicted octanol–water partition coefficient (Wildman–Crippen LogP) is 2.48. The summed E-state index contributed by atoms with van der Waals surface area (Å²) in [7, 11) is 0. The highest BCUT2D eigenvalue weighted by Crippen LogP contribution is 2.03. The van der Waals surface area contributed by atoms with Gasteiger partial charge in [-0.2, -0.15) is 0 Å². The van der Waals surface area contributed by atoms with E-state index in [9.17, 15) is 4.79 Å². The van der Waals surface area contributed by atoms with Gasteiger partial charge in [-0.15, -0.1) is 0 Å². The summed E-state index contributed by atoms with van der Waals surface area (Å²) in [5.74, 6) is -1.03. The SMILES string of the molecule is O=C(O)CO/C=C/C=C(Cl)\C=C\Cl. The molecule has 0 fully saturated rings. The molecular weight excluding hydrogens is 215 g/mol. The Hall–Kier alpha value is -0.930. The standard InChI is InChI=1S/C8H8Cl2O3/c9-4-3-7(10)2-1-5-13-6-8(11)12/h1-5H,6H2,(H,11,12)/b4-3+,5-1+,7-2+. The number of hydrogen-bond donors (Lipinski definition) is 1. The Morgan fingerprint density at radius 2 is 2.23 bits per heavy atom. The zero-order valence-corrected chi connectivity index (χ0v) is 8.13. The number of rotatable bonds is 5. The third kappa shape index (κ3) is 8.98. The third-order valence-electron chi connectivity index (χ3n) is 0.859. The highest BCUT2D eigenvalue weighted by atomic mass is 35.5. The average molecular weight is 223 g/mol. The molecule has 0 aliphatic heterocycles. The van der Waals surface area contributed by atoms with E-state index >= 15 is 0 Å². The van der Waals surface area contributed by atoms with Crippen molar-refractivity contribution >= 4 is 29.2 Å². The Balaban J connectivity index is 3.73. The first-order chi connectivity index (χ1) is 6.16. The molecule has 0 aliphatic carbocycles. The van der Waals surface area contributed by atoms with Crippen molar-refractivity contribution in [2.24, 2.45) is 0 Å². The molecule has 0 aromatic heterocycles. The third-order valence-corrected chi connectivity index (χ3v) is 1.24. The lowest BCUT2D eigenvalue weighted by Gasteiger charge is -1.91. The Kier molecular flexibility index (Phi) is 7.15. The molecule has 13 heavy (non-hydrogen) atoms. The van der Waals surface area contributed by atoms with Crippen molar-refractivity contribution < 1.29 is 14.6 Å². The molecule has 0 saturated heterocycles. The molecule has 0 aromatic carbocycles. The summed E-state index contributed by atoms with van der Waals surface area (Å²) in [5, 5.41) is 8.60. The van der Waals surface area contributed by atoms with Crippen LogP contribution < -0.4 is 0 Å². The highest BCUT2D eigenvalue weighted by molar-refractivity contribution is 6.33. The second-order valence-electron chi connectivity index (χ2n) is 1.88. The molecule has 0 rings (SSSR count). The van der Waals surface area contributed by atoms with Gasteiger partial charge in [0, 0.05) is 10.6 Å². The lowest BCUT2D eigenvalue weighted by Crippen LogP contribution is -2.02. The van der Waals surface area contributed by atoms with Gasteiger partial charge < -0.3 is 9.84 Å². The second kappa shape index (κ2) is 7.71. The lowest BCUT2D eigenvalue weighted by molar-refractivity contribution is -0.140. The van der Waals surface area contributed by atoms with Crippen LogP contribution in [0.15, 0.2) is 35.1 Å². The van der Waals surface area contributed by atoms with Gasteiger partial charge in [0.25, 0.3) is 0 Å². The molecule has 0 amide bonds. The number of carbonyl (C=O) groups is 1. The van der Waals surface area contributed by atoms with Crippen LogP contribution in [0.3, 0.4) is 0 Å². The molecule has 0 unspecified atom stereocenters. The fraction of sp³-hybridized carbons (Fsp3) is 0.125. The number of allylic oxidation sites excluding steroid dienone is 4. The zero-order valence-electron chi connectivity index (χ0n) is 6.61. The van der Waals surface area contributed by atoms with Gasteiger partial charge >= 0.3 is 5.97 Å². The summed E-state index contributed by atoms with van der Waals surface area (Å²) in [6, 6.07) is 0. The molecular formula is C8H8Cl2O3. The van der Waals surface area contributed by atoms with Crippen LogP contribution in [-0.2, 0) is 9.53 Å². The Morgan fingerprint density at radius 3 is 2.77 bits per heavy atom. The van der Waals surface area contributed by atoms with Gasteiger partial charge in [0.2, 0.25) is 0 Å². The van der Waals surface area contributed by atoms with E-state index in [1.165, 1.54) is 30.0 Å². The lowest BCUT2D eigenvalue weighted by atomic mass is 10.5. The van der Waals surface area contributed by atoms with Crippen LogP contribution in [0.4, 0.5) is 0 Å². The minimum Gasteiger partial charge on any atom is -0.490 e. The van der Waals surface area contributed by atoms with Crippen molar-refractivity contribution in [1.29, 1.82) is 0 Å². The van der Waals surface area contributed by atoms with Crippen LogP contribution in [0.5, 0.6) is 0 Å². The summed E-state index contributed by atoms with van der Waals surface area (Å²) in [4.78, 5) is 9.97. The number of ether oxygens (including phenoxy) is 1. The van der Waals surface area contributed by atoms with E-state index in [0.29, 0.717) is 5.03 Å². The van der Waals surface area contributed by atoms with Gasteiger partial charge in [0.15, 0.2) is 6.61 Å². The van der Waals surface area contributed by atoms with Crippen LogP contribution in [0.1, 0.15) is 0 Å². The van der Waals surface area contributed by atoms with Crippen molar-refractivity contribution in [1.82, 2.24) is 0 Å². The minimum absolute atomic E-state index is 0.368. The van der Waals surface area contributed by atoms with Crippen molar-refractivity contribution in [3.63, 3.8) is 0 Å². The molecule has 5 heteroatoms. The quantitative estimate of drug-likeness (QED) is 0.575. The van der Waals surface area contributed by atoms with Crippen LogP contribution in [0.25, 0.3) is 0 Å². The molecule has 72 valence electrons. The largest absolute Gasteiger partial charge is 0.490 e. The fourth-order valence-electron chi connectivity index (χ4n) is 0.422. The number of halogens is 2. The van der Waals surface area contributed by atoms with E-state index < -0.39 is 5.97 Å². The minimum atomic E-state index is -1.03. The molecule has 3 nitrogen and oxygen atoms in total. The van der Waals surface area contributed by atoms with Gasteiger partial charge in [-0.05, 0) is 18.2 Å². The van der Waals surface area contributed by atoms with Gasteiger partial charge in [0.05, 0.1) is 6.26 Å². The Morgan fingerprint density at radius 1 is 1.54 bits per heavy atom. The maximum atomic E-state index is 9.97. The molecule has 0 aliphatic rings.